The number of rotatable bonds is 3. The first-order valence-corrected chi connectivity index (χ1v) is 6.98. The molecule has 1 N–H and O–H groups in total. The maximum Gasteiger partial charge on any atom is 0.266 e. The first-order chi connectivity index (χ1) is 11.1. The van der Waals surface area contributed by atoms with Gasteiger partial charge in [0.25, 0.3) is 5.91 Å². The molecule has 0 aliphatic heterocycles. The van der Waals surface area contributed by atoms with Crippen LogP contribution in [-0.2, 0) is 11.8 Å². The Morgan fingerprint density at radius 3 is 2.96 bits per heavy atom. The van der Waals surface area contributed by atoms with Crippen LogP contribution < -0.4 is 5.32 Å². The van der Waals surface area contributed by atoms with E-state index in [2.05, 4.69) is 10.3 Å². The highest BCUT2D eigenvalue weighted by atomic mass is 16.3. The van der Waals surface area contributed by atoms with Crippen molar-refractivity contribution in [2.75, 3.05) is 5.32 Å². The predicted molar refractivity (Wildman–Crippen MR) is 86.4 cm³/mol. The van der Waals surface area contributed by atoms with Crippen molar-refractivity contribution in [1.29, 1.82) is 5.26 Å². The maximum atomic E-state index is 12.2. The number of fused-ring (bicyclic) bond motifs is 1. The van der Waals surface area contributed by atoms with E-state index in [0.29, 0.717) is 11.4 Å². The smallest absolute Gasteiger partial charge is 0.266 e. The van der Waals surface area contributed by atoms with Gasteiger partial charge >= 0.3 is 0 Å². The summed E-state index contributed by atoms with van der Waals surface area (Å²) in [5, 5.41) is 11.9. The molecule has 1 aromatic carbocycles. The Bertz CT molecular complexity index is 943. The number of imidazole rings is 1. The average Bonchev–Trinajstić information content (AvgIpc) is 3.13. The van der Waals surface area contributed by atoms with Gasteiger partial charge in [0.15, 0.2) is 0 Å². The second-order valence-electron chi connectivity index (χ2n) is 5.06. The first-order valence-electron chi connectivity index (χ1n) is 6.98. The topological polar surface area (TPSA) is 83.8 Å². The van der Waals surface area contributed by atoms with E-state index in [1.807, 2.05) is 30.7 Å². The second-order valence-corrected chi connectivity index (χ2v) is 5.06. The Morgan fingerprint density at radius 2 is 2.26 bits per heavy atom. The van der Waals surface area contributed by atoms with Crippen molar-refractivity contribution in [3.05, 3.63) is 53.8 Å². The summed E-state index contributed by atoms with van der Waals surface area (Å²) in [5.41, 5.74) is 2.32. The lowest BCUT2D eigenvalue weighted by atomic mass is 10.2. The number of carbonyl (C=O) groups is 1. The molecule has 23 heavy (non-hydrogen) atoms. The van der Waals surface area contributed by atoms with Gasteiger partial charge in [-0.1, -0.05) is 0 Å². The molecule has 3 aromatic rings. The minimum Gasteiger partial charge on any atom is -0.465 e. The van der Waals surface area contributed by atoms with Gasteiger partial charge in [0, 0.05) is 18.8 Å². The van der Waals surface area contributed by atoms with Gasteiger partial charge in [0.1, 0.15) is 23.2 Å². The molecule has 0 aliphatic rings. The SMILES string of the molecule is Cc1nc2cc(NC(=O)/C(C#N)=C\c3ccco3)ccc2n1C. The van der Waals surface area contributed by atoms with Crippen LogP contribution >= 0.6 is 0 Å². The zero-order chi connectivity index (χ0) is 16.4. The predicted octanol–water partition coefficient (Wildman–Crippen LogP) is 3.02. The number of amides is 1. The molecular formula is C17H14N4O2. The average molecular weight is 306 g/mol. The van der Waals surface area contributed by atoms with Crippen LogP contribution in [0.15, 0.2) is 46.6 Å². The summed E-state index contributed by atoms with van der Waals surface area (Å²) in [4.78, 5) is 16.6. The fraction of sp³-hybridized carbons (Fsp3) is 0.118. The number of furan rings is 1. The fourth-order valence-electron chi connectivity index (χ4n) is 2.26. The van der Waals surface area contributed by atoms with Crippen LogP contribution in [0.3, 0.4) is 0 Å². The van der Waals surface area contributed by atoms with E-state index in [0.717, 1.165) is 16.9 Å². The van der Waals surface area contributed by atoms with Gasteiger partial charge in [0.05, 0.1) is 17.3 Å². The molecule has 3 rings (SSSR count). The van der Waals surface area contributed by atoms with Crippen molar-refractivity contribution in [1.82, 2.24) is 9.55 Å². The highest BCUT2D eigenvalue weighted by Crippen LogP contribution is 2.20. The Morgan fingerprint density at radius 1 is 1.43 bits per heavy atom. The van der Waals surface area contributed by atoms with E-state index in [4.69, 9.17) is 9.68 Å². The van der Waals surface area contributed by atoms with Gasteiger partial charge in [-0.2, -0.15) is 5.26 Å². The minimum absolute atomic E-state index is 0.0303. The molecule has 0 fully saturated rings. The molecule has 2 aromatic heterocycles. The summed E-state index contributed by atoms with van der Waals surface area (Å²) in [6.07, 6.45) is 2.88. The van der Waals surface area contributed by atoms with E-state index in [1.165, 1.54) is 12.3 Å². The number of nitriles is 1. The molecule has 2 heterocycles. The lowest BCUT2D eigenvalue weighted by molar-refractivity contribution is -0.112. The number of aromatic nitrogens is 2. The molecule has 0 aliphatic carbocycles. The van der Waals surface area contributed by atoms with Crippen molar-refractivity contribution < 1.29 is 9.21 Å². The van der Waals surface area contributed by atoms with Crippen molar-refractivity contribution >= 4 is 28.7 Å². The van der Waals surface area contributed by atoms with Crippen LogP contribution in [0.5, 0.6) is 0 Å². The second kappa shape index (κ2) is 5.81. The zero-order valence-corrected chi connectivity index (χ0v) is 12.7. The molecule has 0 saturated heterocycles. The van der Waals surface area contributed by atoms with Gasteiger partial charge in [-0.3, -0.25) is 4.79 Å². The summed E-state index contributed by atoms with van der Waals surface area (Å²) in [5.74, 6) is 0.849. The van der Waals surface area contributed by atoms with Crippen LogP contribution in [0.4, 0.5) is 5.69 Å². The number of aryl methyl sites for hydroxylation is 2. The Hall–Kier alpha value is -3.33. The summed E-state index contributed by atoms with van der Waals surface area (Å²) in [6.45, 7) is 1.91. The number of nitrogens with zero attached hydrogens (tertiary/aromatic N) is 3. The number of hydrogen-bond donors (Lipinski definition) is 1. The molecule has 6 nitrogen and oxygen atoms in total. The molecule has 0 radical (unpaired) electrons. The van der Waals surface area contributed by atoms with Crippen molar-refractivity contribution in [3.8, 4) is 6.07 Å². The molecule has 0 bridgehead atoms. The number of hydrogen-bond acceptors (Lipinski definition) is 4. The molecule has 114 valence electrons. The molecule has 0 saturated carbocycles. The van der Waals surface area contributed by atoms with Crippen LogP contribution in [0.2, 0.25) is 0 Å². The highest BCUT2D eigenvalue weighted by molar-refractivity contribution is 6.09. The van der Waals surface area contributed by atoms with E-state index in [9.17, 15) is 4.79 Å². The van der Waals surface area contributed by atoms with E-state index in [1.54, 1.807) is 24.3 Å². The van der Waals surface area contributed by atoms with Crippen LogP contribution in [0.1, 0.15) is 11.6 Å². The highest BCUT2D eigenvalue weighted by Gasteiger charge is 2.12. The standard InChI is InChI=1S/C17H14N4O2/c1-11-19-15-9-13(5-6-16(15)21(11)2)20-17(22)12(10-18)8-14-4-3-7-23-14/h3-9H,1-2H3,(H,20,22)/b12-8-. The third kappa shape index (κ3) is 2.85. The third-order valence-corrected chi connectivity index (χ3v) is 3.56. The Labute approximate surface area is 132 Å². The number of nitrogens with one attached hydrogen (secondary N) is 1. The summed E-state index contributed by atoms with van der Waals surface area (Å²) < 4.78 is 7.09. The summed E-state index contributed by atoms with van der Waals surface area (Å²) >= 11 is 0. The van der Waals surface area contributed by atoms with Crippen LogP contribution in [-0.4, -0.2) is 15.5 Å². The first kappa shape index (κ1) is 14.6. The van der Waals surface area contributed by atoms with Gasteiger partial charge < -0.3 is 14.3 Å². The fourth-order valence-corrected chi connectivity index (χ4v) is 2.26. The number of anilines is 1. The maximum absolute atomic E-state index is 12.2. The lowest BCUT2D eigenvalue weighted by Gasteiger charge is -2.04. The summed E-state index contributed by atoms with van der Waals surface area (Å²) in [7, 11) is 1.93. The Balaban J connectivity index is 1.86. The van der Waals surface area contributed by atoms with E-state index in [-0.39, 0.29) is 5.57 Å². The van der Waals surface area contributed by atoms with Crippen molar-refractivity contribution in [2.24, 2.45) is 7.05 Å². The third-order valence-electron chi connectivity index (χ3n) is 3.56. The molecular weight excluding hydrogens is 292 g/mol. The number of carbonyl (C=O) groups excluding carboxylic acids is 1. The van der Waals surface area contributed by atoms with E-state index >= 15 is 0 Å². The molecule has 0 spiro atoms. The van der Waals surface area contributed by atoms with Gasteiger partial charge in [0.2, 0.25) is 0 Å². The number of benzene rings is 1. The van der Waals surface area contributed by atoms with Gasteiger partial charge in [-0.15, -0.1) is 0 Å². The summed E-state index contributed by atoms with van der Waals surface area (Å²) in [6, 6.07) is 10.7. The monoisotopic (exact) mass is 306 g/mol. The van der Waals surface area contributed by atoms with Crippen molar-refractivity contribution in [3.63, 3.8) is 0 Å². The van der Waals surface area contributed by atoms with E-state index < -0.39 is 5.91 Å². The lowest BCUT2D eigenvalue weighted by Crippen LogP contribution is -2.13. The van der Waals surface area contributed by atoms with Crippen LogP contribution in [0, 0.1) is 18.3 Å². The largest absolute Gasteiger partial charge is 0.465 e. The van der Waals surface area contributed by atoms with Crippen molar-refractivity contribution in [2.45, 2.75) is 6.92 Å². The van der Waals surface area contributed by atoms with Crippen LogP contribution in [0.25, 0.3) is 17.1 Å². The zero-order valence-electron chi connectivity index (χ0n) is 12.7. The minimum atomic E-state index is -0.490. The molecule has 1 amide bonds. The molecule has 0 unspecified atom stereocenters. The Kier molecular flexibility index (Phi) is 3.69. The normalized spacial score (nSPS) is 11.4. The quantitative estimate of drug-likeness (QED) is 0.595. The van der Waals surface area contributed by atoms with Gasteiger partial charge in [-0.25, -0.2) is 4.98 Å². The van der Waals surface area contributed by atoms with Gasteiger partial charge in [-0.05, 0) is 37.3 Å². The molecule has 0 atom stereocenters. The molecule has 6 heteroatoms.